The highest BCUT2D eigenvalue weighted by Crippen LogP contribution is 2.32. The molecule has 0 saturated carbocycles. The Bertz CT molecular complexity index is 710. The Balaban J connectivity index is 1.65. The van der Waals surface area contributed by atoms with Gasteiger partial charge in [-0.15, -0.1) is 0 Å². The Hall–Kier alpha value is -1.92. The van der Waals surface area contributed by atoms with E-state index in [4.69, 9.17) is 16.3 Å². The Morgan fingerprint density at radius 3 is 2.75 bits per heavy atom. The highest BCUT2D eigenvalue weighted by Gasteiger charge is 2.31. The van der Waals surface area contributed by atoms with Gasteiger partial charge in [-0.1, -0.05) is 11.6 Å². The molecule has 3 heterocycles. The lowest BCUT2D eigenvalue weighted by molar-refractivity contribution is -0.143. The van der Waals surface area contributed by atoms with Crippen molar-refractivity contribution in [3.8, 4) is 0 Å². The zero-order valence-corrected chi connectivity index (χ0v) is 14.6. The van der Waals surface area contributed by atoms with Crippen LogP contribution in [0.3, 0.4) is 0 Å². The zero-order chi connectivity index (χ0) is 17.1. The molecule has 0 aliphatic carbocycles. The summed E-state index contributed by atoms with van der Waals surface area (Å²) in [6, 6.07) is 3.70. The number of likely N-dealkylation sites (tertiary alicyclic amines) is 1. The molecule has 0 aromatic carbocycles. The van der Waals surface area contributed by atoms with Crippen LogP contribution in [0.1, 0.15) is 36.1 Å². The minimum absolute atomic E-state index is 0.0175. The average Bonchev–Trinajstić information content (AvgIpc) is 3.02. The second-order valence-corrected chi connectivity index (χ2v) is 6.44. The summed E-state index contributed by atoms with van der Waals surface area (Å²) in [6.07, 6.45) is 6.35. The number of halogens is 1. The van der Waals surface area contributed by atoms with Crippen molar-refractivity contribution in [2.45, 2.75) is 24.9 Å². The van der Waals surface area contributed by atoms with E-state index in [1.165, 1.54) is 0 Å². The molecule has 2 aromatic heterocycles. The van der Waals surface area contributed by atoms with E-state index in [0.29, 0.717) is 24.0 Å². The van der Waals surface area contributed by atoms with Crippen molar-refractivity contribution in [2.24, 2.45) is 7.05 Å². The standard InChI is InChI=1S/C17H21ClN4O2/c1-21-11-13(10-20-21)16(24-2)17(23)22-8-5-12(6-9-22)15-14(18)4-3-7-19-15/h3-4,7,10-12,16H,5-6,8-9H2,1-2H3. The van der Waals surface area contributed by atoms with E-state index in [9.17, 15) is 4.79 Å². The van der Waals surface area contributed by atoms with Gasteiger partial charge in [-0.3, -0.25) is 14.5 Å². The second kappa shape index (κ2) is 7.32. The predicted octanol–water partition coefficient (Wildman–Crippen LogP) is 2.56. The number of methoxy groups -OCH3 is 1. The molecule has 0 spiro atoms. The lowest BCUT2D eigenvalue weighted by atomic mass is 9.92. The summed E-state index contributed by atoms with van der Waals surface area (Å²) in [5.41, 5.74) is 1.71. The number of carbonyl (C=O) groups excluding carboxylic acids is 1. The summed E-state index contributed by atoms with van der Waals surface area (Å²) >= 11 is 6.24. The van der Waals surface area contributed by atoms with Crippen molar-refractivity contribution in [3.05, 3.63) is 47.0 Å². The highest BCUT2D eigenvalue weighted by molar-refractivity contribution is 6.31. The smallest absolute Gasteiger partial charge is 0.256 e. The van der Waals surface area contributed by atoms with Gasteiger partial charge in [0.2, 0.25) is 0 Å². The van der Waals surface area contributed by atoms with E-state index < -0.39 is 6.10 Å². The van der Waals surface area contributed by atoms with E-state index in [0.717, 1.165) is 24.1 Å². The fourth-order valence-electron chi connectivity index (χ4n) is 3.19. The van der Waals surface area contributed by atoms with Crippen molar-refractivity contribution in [1.29, 1.82) is 0 Å². The van der Waals surface area contributed by atoms with Crippen molar-refractivity contribution in [1.82, 2.24) is 19.7 Å². The first kappa shape index (κ1) is 16.9. The van der Waals surface area contributed by atoms with Crippen LogP contribution in [0.25, 0.3) is 0 Å². The molecule has 128 valence electrons. The van der Waals surface area contributed by atoms with E-state index in [2.05, 4.69) is 10.1 Å². The number of aromatic nitrogens is 3. The molecule has 1 fully saturated rings. The third-order valence-corrected chi connectivity index (χ3v) is 4.79. The molecule has 6 nitrogen and oxygen atoms in total. The number of amides is 1. The molecule has 1 amide bonds. The van der Waals surface area contributed by atoms with Gasteiger partial charge in [0.05, 0.1) is 16.9 Å². The van der Waals surface area contributed by atoms with E-state index in [1.54, 1.807) is 24.2 Å². The fraction of sp³-hybridized carbons (Fsp3) is 0.471. The van der Waals surface area contributed by atoms with Crippen LogP contribution in [0.15, 0.2) is 30.7 Å². The van der Waals surface area contributed by atoms with E-state index in [-0.39, 0.29) is 5.91 Å². The molecule has 1 saturated heterocycles. The molecular weight excluding hydrogens is 328 g/mol. The average molecular weight is 349 g/mol. The van der Waals surface area contributed by atoms with Crippen LogP contribution in [-0.2, 0) is 16.6 Å². The maximum Gasteiger partial charge on any atom is 0.256 e. The van der Waals surface area contributed by atoms with Crippen molar-refractivity contribution in [3.63, 3.8) is 0 Å². The summed E-state index contributed by atoms with van der Waals surface area (Å²) in [6.45, 7) is 1.35. The maximum absolute atomic E-state index is 12.8. The van der Waals surface area contributed by atoms with Crippen LogP contribution in [-0.4, -0.2) is 45.8 Å². The second-order valence-electron chi connectivity index (χ2n) is 6.03. The molecule has 0 bridgehead atoms. The number of ether oxygens (including phenoxy) is 1. The van der Waals surface area contributed by atoms with Crippen LogP contribution in [0, 0.1) is 0 Å². The Labute approximate surface area is 146 Å². The number of nitrogens with zero attached hydrogens (tertiary/aromatic N) is 4. The van der Waals surface area contributed by atoms with E-state index in [1.807, 2.05) is 30.3 Å². The summed E-state index contributed by atoms with van der Waals surface area (Å²) in [7, 11) is 3.37. The molecule has 2 aromatic rings. The van der Waals surface area contributed by atoms with Gasteiger partial charge >= 0.3 is 0 Å². The predicted molar refractivity (Wildman–Crippen MR) is 90.8 cm³/mol. The van der Waals surface area contributed by atoms with Crippen LogP contribution >= 0.6 is 11.6 Å². The van der Waals surface area contributed by atoms with Crippen molar-refractivity contribution < 1.29 is 9.53 Å². The number of rotatable bonds is 4. The van der Waals surface area contributed by atoms with Gasteiger partial charge < -0.3 is 9.64 Å². The Morgan fingerprint density at radius 1 is 1.42 bits per heavy atom. The molecule has 3 rings (SSSR count). The molecule has 0 N–H and O–H groups in total. The van der Waals surface area contributed by atoms with Crippen molar-refractivity contribution in [2.75, 3.05) is 20.2 Å². The van der Waals surface area contributed by atoms with Crippen LogP contribution in [0.2, 0.25) is 5.02 Å². The van der Waals surface area contributed by atoms with E-state index >= 15 is 0 Å². The monoisotopic (exact) mass is 348 g/mol. The van der Waals surface area contributed by atoms with Crippen LogP contribution < -0.4 is 0 Å². The van der Waals surface area contributed by atoms with Gasteiger partial charge in [-0.05, 0) is 25.0 Å². The van der Waals surface area contributed by atoms with Crippen LogP contribution in [0.5, 0.6) is 0 Å². The first-order valence-electron chi connectivity index (χ1n) is 8.00. The van der Waals surface area contributed by atoms with Gasteiger partial charge in [-0.25, -0.2) is 0 Å². The highest BCUT2D eigenvalue weighted by atomic mass is 35.5. The lowest BCUT2D eigenvalue weighted by Crippen LogP contribution is -2.41. The number of aryl methyl sites for hydroxylation is 1. The topological polar surface area (TPSA) is 60.2 Å². The molecule has 1 atom stereocenters. The Morgan fingerprint density at radius 2 is 2.17 bits per heavy atom. The zero-order valence-electron chi connectivity index (χ0n) is 13.9. The SMILES string of the molecule is COC(C(=O)N1CCC(c2ncccc2Cl)CC1)c1cnn(C)c1. The largest absolute Gasteiger partial charge is 0.367 e. The number of piperidine rings is 1. The fourth-order valence-corrected chi connectivity index (χ4v) is 3.47. The summed E-state index contributed by atoms with van der Waals surface area (Å²) in [5, 5.41) is 4.82. The number of pyridine rings is 1. The first-order valence-corrected chi connectivity index (χ1v) is 8.38. The lowest BCUT2D eigenvalue weighted by Gasteiger charge is -2.33. The summed E-state index contributed by atoms with van der Waals surface area (Å²) in [5.74, 6) is 0.276. The third kappa shape index (κ3) is 3.44. The van der Waals surface area contributed by atoms with Gasteiger partial charge in [-0.2, -0.15) is 5.10 Å². The third-order valence-electron chi connectivity index (χ3n) is 4.47. The summed E-state index contributed by atoms with van der Waals surface area (Å²) < 4.78 is 7.09. The molecule has 1 aliphatic heterocycles. The minimum atomic E-state index is -0.603. The molecule has 1 aliphatic rings. The molecule has 24 heavy (non-hydrogen) atoms. The first-order chi connectivity index (χ1) is 11.6. The molecule has 0 radical (unpaired) electrons. The quantitative estimate of drug-likeness (QED) is 0.852. The molecule has 1 unspecified atom stereocenters. The van der Waals surface area contributed by atoms with Gasteiger partial charge in [0.15, 0.2) is 6.10 Å². The summed E-state index contributed by atoms with van der Waals surface area (Å²) in [4.78, 5) is 19.0. The minimum Gasteiger partial charge on any atom is -0.367 e. The number of carbonyl (C=O) groups is 1. The molecule has 7 heteroatoms. The Kier molecular flexibility index (Phi) is 5.16. The maximum atomic E-state index is 12.8. The van der Waals surface area contributed by atoms with Gasteiger partial charge in [0, 0.05) is 51.1 Å². The van der Waals surface area contributed by atoms with Crippen LogP contribution in [0.4, 0.5) is 0 Å². The molecular formula is C17H21ClN4O2. The van der Waals surface area contributed by atoms with Gasteiger partial charge in [0.1, 0.15) is 0 Å². The number of hydrogen-bond acceptors (Lipinski definition) is 4. The van der Waals surface area contributed by atoms with Gasteiger partial charge in [0.25, 0.3) is 5.91 Å². The normalized spacial score (nSPS) is 17.0. The number of hydrogen-bond donors (Lipinski definition) is 0. The van der Waals surface area contributed by atoms with Crippen molar-refractivity contribution >= 4 is 17.5 Å².